The molecule has 2 aliphatic rings. The minimum Gasteiger partial charge on any atom is -0.481 e. The fourth-order valence-corrected chi connectivity index (χ4v) is 5.54. The molecule has 11 heteroatoms. The summed E-state index contributed by atoms with van der Waals surface area (Å²) in [6.07, 6.45) is 0. The second-order valence-electron chi connectivity index (χ2n) is 4.26. The fourth-order valence-electron chi connectivity index (χ4n) is 2.61. The van der Waals surface area contributed by atoms with Crippen molar-refractivity contribution in [1.82, 2.24) is 0 Å². The summed E-state index contributed by atoms with van der Waals surface area (Å²) in [5, 5.41) is 17.8. The van der Waals surface area contributed by atoms with E-state index >= 15 is 0 Å². The first-order valence-corrected chi connectivity index (χ1v) is 7.00. The van der Waals surface area contributed by atoms with E-state index in [-0.39, 0.29) is 37.4 Å². The van der Waals surface area contributed by atoms with Gasteiger partial charge in [-0.2, -0.15) is 0 Å². The molecule has 0 aromatic rings. The molecular formula is C9H4CdCl6O4. The Morgan fingerprint density at radius 3 is 1.30 bits per heavy atom. The molecule has 0 aliphatic heterocycles. The van der Waals surface area contributed by atoms with Crippen LogP contribution in [0.25, 0.3) is 0 Å². The van der Waals surface area contributed by atoms with Gasteiger partial charge in [-0.3, -0.25) is 9.59 Å². The summed E-state index contributed by atoms with van der Waals surface area (Å²) < 4.78 is -2.18. The van der Waals surface area contributed by atoms with Crippen LogP contribution in [0.15, 0.2) is 10.1 Å². The van der Waals surface area contributed by atoms with Gasteiger partial charge in [0.05, 0.1) is 21.9 Å². The molecule has 0 aromatic heterocycles. The third-order valence-corrected chi connectivity index (χ3v) is 7.73. The van der Waals surface area contributed by atoms with Crippen LogP contribution >= 0.6 is 69.6 Å². The number of alkyl halides is 4. The molecule has 0 spiro atoms. The van der Waals surface area contributed by atoms with Crippen molar-refractivity contribution in [2.24, 2.45) is 11.8 Å². The Morgan fingerprint density at radius 1 is 0.850 bits per heavy atom. The molecule has 0 saturated heterocycles. The predicted molar refractivity (Wildman–Crippen MR) is 72.6 cm³/mol. The van der Waals surface area contributed by atoms with E-state index in [9.17, 15) is 19.8 Å². The Labute approximate surface area is 163 Å². The Kier molecular flexibility index (Phi) is 5.29. The standard InChI is InChI=1S/C9H4Cl6O4.Cd/c10-3-4(11)8(13)2(6(18)19)1(5(16)17)7(3,12)9(8,14)15;/h1-2H,(H,16,17)(H,18,19);. The molecule has 20 heavy (non-hydrogen) atoms. The van der Waals surface area contributed by atoms with Gasteiger partial charge in [-0.05, 0) is 0 Å². The van der Waals surface area contributed by atoms with E-state index in [4.69, 9.17) is 69.6 Å². The van der Waals surface area contributed by atoms with Gasteiger partial charge in [0.15, 0.2) is 4.33 Å². The van der Waals surface area contributed by atoms with Gasteiger partial charge < -0.3 is 10.2 Å². The van der Waals surface area contributed by atoms with E-state index in [0.717, 1.165) is 0 Å². The normalized spacial score (nSPS) is 41.5. The second kappa shape index (κ2) is 5.46. The van der Waals surface area contributed by atoms with Crippen LogP contribution in [-0.4, -0.2) is 36.2 Å². The van der Waals surface area contributed by atoms with Crippen molar-refractivity contribution in [3.05, 3.63) is 10.1 Å². The zero-order valence-corrected chi connectivity index (χ0v) is 17.9. The van der Waals surface area contributed by atoms with Gasteiger partial charge in [0, 0.05) is 27.3 Å². The molecule has 4 nitrogen and oxygen atoms in total. The number of fused-ring (bicyclic) bond motifs is 2. The van der Waals surface area contributed by atoms with Crippen LogP contribution in [0.5, 0.6) is 0 Å². The van der Waals surface area contributed by atoms with Crippen molar-refractivity contribution < 1.29 is 47.1 Å². The van der Waals surface area contributed by atoms with Crippen molar-refractivity contribution in [1.29, 1.82) is 0 Å². The number of carboxylic acid groups (broad SMARTS) is 2. The first-order valence-electron chi connectivity index (χ1n) is 4.73. The quantitative estimate of drug-likeness (QED) is 0.451. The Bertz CT molecular complexity index is 493. The molecule has 4 unspecified atom stereocenters. The summed E-state index contributed by atoms with van der Waals surface area (Å²) in [6.45, 7) is 0. The molecule has 0 amide bonds. The molecular weight excluding hydrogens is 497 g/mol. The number of aliphatic carboxylic acids is 2. The first-order chi connectivity index (χ1) is 8.45. The molecule has 0 heterocycles. The number of allylic oxidation sites excluding steroid dienone is 2. The van der Waals surface area contributed by atoms with Crippen molar-refractivity contribution in [3.8, 4) is 0 Å². The van der Waals surface area contributed by atoms with Crippen molar-refractivity contribution >= 4 is 81.5 Å². The zero-order valence-electron chi connectivity index (χ0n) is 9.34. The molecule has 2 aliphatic carbocycles. The van der Waals surface area contributed by atoms with Crippen LogP contribution in [0, 0.1) is 11.8 Å². The maximum absolute atomic E-state index is 11.3. The Balaban J connectivity index is 0.00000200. The molecule has 2 bridgehead atoms. The number of carbonyl (C=O) groups is 2. The summed E-state index contributed by atoms with van der Waals surface area (Å²) in [5.74, 6) is -6.49. The summed E-state index contributed by atoms with van der Waals surface area (Å²) in [7, 11) is 0. The van der Waals surface area contributed by atoms with E-state index in [1.807, 2.05) is 0 Å². The van der Waals surface area contributed by atoms with E-state index in [1.54, 1.807) is 0 Å². The van der Waals surface area contributed by atoms with E-state index in [0.29, 0.717) is 0 Å². The molecule has 2 rings (SSSR count). The molecule has 0 radical (unpaired) electrons. The molecule has 0 aromatic carbocycles. The van der Waals surface area contributed by atoms with Crippen molar-refractivity contribution in [3.63, 3.8) is 0 Å². The van der Waals surface area contributed by atoms with Crippen LogP contribution in [0.4, 0.5) is 0 Å². The van der Waals surface area contributed by atoms with Gasteiger partial charge in [-0.1, -0.05) is 46.4 Å². The SMILES string of the molecule is O=C(O)C1C(C(=O)O)C2(Cl)C(Cl)=C(Cl)C1(Cl)C2(Cl)Cl.[Cd]. The van der Waals surface area contributed by atoms with Crippen LogP contribution in [-0.2, 0) is 36.9 Å². The monoisotopic (exact) mass is 500 g/mol. The van der Waals surface area contributed by atoms with Crippen molar-refractivity contribution in [2.75, 3.05) is 0 Å². The number of halogens is 6. The minimum absolute atomic E-state index is 0. The largest absolute Gasteiger partial charge is 0.481 e. The van der Waals surface area contributed by atoms with E-state index < -0.39 is 37.9 Å². The van der Waals surface area contributed by atoms with Gasteiger partial charge >= 0.3 is 11.9 Å². The smallest absolute Gasteiger partial charge is 0.309 e. The van der Waals surface area contributed by atoms with Gasteiger partial charge in [0.25, 0.3) is 0 Å². The van der Waals surface area contributed by atoms with Crippen LogP contribution in [0.2, 0.25) is 0 Å². The Hall–Kier alpha value is 1.34. The second-order valence-corrected chi connectivity index (χ2v) is 7.53. The summed E-state index contributed by atoms with van der Waals surface area (Å²) >= 11 is 36.2. The average molecular weight is 501 g/mol. The van der Waals surface area contributed by atoms with Crippen LogP contribution < -0.4 is 0 Å². The molecule has 4 atom stereocenters. The number of rotatable bonds is 2. The molecule has 1 fully saturated rings. The third kappa shape index (κ3) is 1.85. The number of hydrogen-bond acceptors (Lipinski definition) is 2. The summed E-state index contributed by atoms with van der Waals surface area (Å²) in [4.78, 5) is 18.5. The predicted octanol–water partition coefficient (Wildman–Crippen LogP) is 3.23. The van der Waals surface area contributed by atoms with Gasteiger partial charge in [-0.15, -0.1) is 23.2 Å². The van der Waals surface area contributed by atoms with E-state index in [2.05, 4.69) is 0 Å². The zero-order chi connectivity index (χ0) is 15.0. The number of hydrogen-bond donors (Lipinski definition) is 2. The maximum Gasteiger partial charge on any atom is 0.309 e. The third-order valence-electron chi connectivity index (χ3n) is 3.47. The molecule has 108 valence electrons. The average Bonchev–Trinajstić information content (AvgIpc) is 2.48. The summed E-state index contributed by atoms with van der Waals surface area (Å²) in [5.41, 5.74) is 0. The first kappa shape index (κ1) is 19.4. The van der Waals surface area contributed by atoms with Crippen molar-refractivity contribution in [2.45, 2.75) is 14.1 Å². The minimum atomic E-state index is -2.18. The summed E-state index contributed by atoms with van der Waals surface area (Å²) in [6, 6.07) is 0. The number of carboxylic acids is 2. The van der Waals surface area contributed by atoms with Crippen LogP contribution in [0.1, 0.15) is 0 Å². The van der Waals surface area contributed by atoms with Gasteiger partial charge in [0.2, 0.25) is 0 Å². The topological polar surface area (TPSA) is 74.6 Å². The molecule has 2 N–H and O–H groups in total. The molecule has 1 saturated carbocycles. The van der Waals surface area contributed by atoms with Crippen LogP contribution in [0.3, 0.4) is 0 Å². The Morgan fingerprint density at radius 2 is 1.10 bits per heavy atom. The maximum atomic E-state index is 11.3. The van der Waals surface area contributed by atoms with Gasteiger partial charge in [0.1, 0.15) is 9.75 Å². The van der Waals surface area contributed by atoms with E-state index in [1.165, 1.54) is 0 Å². The fraction of sp³-hybridized carbons (Fsp3) is 0.556. The van der Waals surface area contributed by atoms with Gasteiger partial charge in [-0.25, -0.2) is 0 Å².